The van der Waals surface area contributed by atoms with E-state index < -0.39 is 5.97 Å². The number of likely N-dealkylation sites (N-methyl/N-ethyl adjacent to an activating group) is 1. The second kappa shape index (κ2) is 8.13. The second-order valence-corrected chi connectivity index (χ2v) is 5.48. The topological polar surface area (TPSA) is 85.7 Å². The summed E-state index contributed by atoms with van der Waals surface area (Å²) in [6.45, 7) is 2.82. The smallest absolute Gasteiger partial charge is 0.337 e. The van der Waals surface area contributed by atoms with Gasteiger partial charge in [0.1, 0.15) is 11.6 Å². The van der Waals surface area contributed by atoms with E-state index in [2.05, 4.69) is 15.0 Å². The molecule has 24 heavy (non-hydrogen) atoms. The van der Waals surface area contributed by atoms with E-state index in [0.29, 0.717) is 24.3 Å². The Hall–Kier alpha value is -2.85. The molecule has 1 fully saturated rings. The number of nitriles is 1. The first-order valence-electron chi connectivity index (χ1n) is 7.58. The molecular formula is C17H20N4O3. The van der Waals surface area contributed by atoms with Crippen LogP contribution in [0.3, 0.4) is 0 Å². The van der Waals surface area contributed by atoms with E-state index in [1.807, 2.05) is 13.1 Å². The molecule has 0 spiro atoms. The van der Waals surface area contributed by atoms with E-state index in [4.69, 9.17) is 0 Å². The number of nitrogens with zero attached hydrogens (tertiary/aromatic N) is 3. The number of amides is 1. The first kappa shape index (κ1) is 17.5. The minimum Gasteiger partial charge on any atom is -0.465 e. The molecule has 1 heterocycles. The van der Waals surface area contributed by atoms with Gasteiger partial charge in [0.05, 0.1) is 12.7 Å². The number of carbonyl (C=O) groups is 2. The Morgan fingerprint density at radius 3 is 2.38 bits per heavy atom. The number of piperazine rings is 1. The molecule has 7 nitrogen and oxygen atoms in total. The Bertz CT molecular complexity index is 668. The van der Waals surface area contributed by atoms with Gasteiger partial charge in [-0.3, -0.25) is 4.79 Å². The molecule has 1 aliphatic rings. The van der Waals surface area contributed by atoms with Crippen molar-refractivity contribution in [3.8, 4) is 6.07 Å². The van der Waals surface area contributed by atoms with Crippen molar-refractivity contribution in [2.24, 2.45) is 0 Å². The van der Waals surface area contributed by atoms with Gasteiger partial charge in [-0.1, -0.05) is 0 Å². The highest BCUT2D eigenvalue weighted by molar-refractivity contribution is 5.97. The molecular weight excluding hydrogens is 308 g/mol. The summed E-state index contributed by atoms with van der Waals surface area (Å²) in [6.07, 6.45) is 1.40. The standard InChI is InChI=1S/C17H20N4O3/c1-20-7-9-21(10-8-20)16(22)14(11-18)12-19-15-5-3-13(4-6-15)17(23)24-2/h3-6,12,19H,7-10H2,1-2H3/b14-12-. The number of hydrogen-bond donors (Lipinski definition) is 1. The Balaban J connectivity index is 2.01. The fraction of sp³-hybridized carbons (Fsp3) is 0.353. The maximum atomic E-state index is 12.4. The third kappa shape index (κ3) is 4.33. The van der Waals surface area contributed by atoms with Crippen LogP contribution < -0.4 is 5.32 Å². The molecule has 0 radical (unpaired) electrons. The zero-order valence-corrected chi connectivity index (χ0v) is 13.8. The highest BCUT2D eigenvalue weighted by Gasteiger charge is 2.22. The number of rotatable bonds is 4. The summed E-state index contributed by atoms with van der Waals surface area (Å²) in [5.41, 5.74) is 1.15. The molecule has 0 bridgehead atoms. The third-order valence-corrected chi connectivity index (χ3v) is 3.83. The van der Waals surface area contributed by atoms with Gasteiger partial charge < -0.3 is 19.9 Å². The third-order valence-electron chi connectivity index (χ3n) is 3.83. The Labute approximate surface area is 141 Å². The van der Waals surface area contributed by atoms with Gasteiger partial charge in [-0.15, -0.1) is 0 Å². The van der Waals surface area contributed by atoms with Gasteiger partial charge in [-0.05, 0) is 31.3 Å². The van der Waals surface area contributed by atoms with Crippen molar-refractivity contribution in [1.29, 1.82) is 5.26 Å². The summed E-state index contributed by atoms with van der Waals surface area (Å²) >= 11 is 0. The van der Waals surface area contributed by atoms with E-state index in [-0.39, 0.29) is 11.5 Å². The van der Waals surface area contributed by atoms with Crippen LogP contribution in [0.1, 0.15) is 10.4 Å². The first-order valence-corrected chi connectivity index (χ1v) is 7.58. The number of nitrogens with one attached hydrogen (secondary N) is 1. The zero-order chi connectivity index (χ0) is 17.5. The summed E-state index contributed by atoms with van der Waals surface area (Å²) < 4.78 is 4.63. The molecule has 0 aromatic heterocycles. The maximum Gasteiger partial charge on any atom is 0.337 e. The molecule has 0 saturated carbocycles. The monoisotopic (exact) mass is 328 g/mol. The minimum atomic E-state index is -0.417. The molecule has 1 aromatic carbocycles. The molecule has 0 aliphatic carbocycles. The normalized spacial score (nSPS) is 15.5. The molecule has 1 aliphatic heterocycles. The van der Waals surface area contributed by atoms with Crippen LogP contribution >= 0.6 is 0 Å². The predicted molar refractivity (Wildman–Crippen MR) is 89.2 cm³/mol. The maximum absolute atomic E-state index is 12.4. The SMILES string of the molecule is COC(=O)c1ccc(N/C=C(/C#N)C(=O)N2CCN(C)CC2)cc1. The number of benzene rings is 1. The Morgan fingerprint density at radius 1 is 1.21 bits per heavy atom. The van der Waals surface area contributed by atoms with Crippen molar-refractivity contribution >= 4 is 17.6 Å². The predicted octanol–water partition coefficient (Wildman–Crippen LogP) is 1.07. The largest absolute Gasteiger partial charge is 0.465 e. The highest BCUT2D eigenvalue weighted by Crippen LogP contribution is 2.12. The van der Waals surface area contributed by atoms with E-state index >= 15 is 0 Å². The molecule has 126 valence electrons. The average molecular weight is 328 g/mol. The fourth-order valence-electron chi connectivity index (χ4n) is 2.30. The summed E-state index contributed by atoms with van der Waals surface area (Å²) in [7, 11) is 3.32. The molecule has 1 saturated heterocycles. The second-order valence-electron chi connectivity index (χ2n) is 5.48. The molecule has 1 aromatic rings. The van der Waals surface area contributed by atoms with Gasteiger partial charge in [0.2, 0.25) is 0 Å². The lowest BCUT2D eigenvalue weighted by Crippen LogP contribution is -2.47. The summed E-state index contributed by atoms with van der Waals surface area (Å²) in [6, 6.07) is 8.51. The van der Waals surface area contributed by atoms with Gasteiger partial charge in [-0.25, -0.2) is 4.79 Å². The van der Waals surface area contributed by atoms with Crippen molar-refractivity contribution in [3.63, 3.8) is 0 Å². The lowest BCUT2D eigenvalue weighted by molar-refractivity contribution is -0.128. The van der Waals surface area contributed by atoms with Crippen LogP contribution in [0, 0.1) is 11.3 Å². The average Bonchev–Trinajstić information content (AvgIpc) is 2.62. The molecule has 2 rings (SSSR count). The lowest BCUT2D eigenvalue weighted by Gasteiger charge is -2.32. The van der Waals surface area contributed by atoms with Crippen molar-refractivity contribution in [1.82, 2.24) is 9.80 Å². The van der Waals surface area contributed by atoms with Crippen molar-refractivity contribution in [2.45, 2.75) is 0 Å². The number of methoxy groups -OCH3 is 1. The van der Waals surface area contributed by atoms with Gasteiger partial charge in [0.15, 0.2) is 0 Å². The molecule has 1 N–H and O–H groups in total. The van der Waals surface area contributed by atoms with Crippen LogP contribution in [0.5, 0.6) is 0 Å². The van der Waals surface area contributed by atoms with Gasteiger partial charge in [0.25, 0.3) is 5.91 Å². The van der Waals surface area contributed by atoms with E-state index in [9.17, 15) is 14.9 Å². The zero-order valence-electron chi connectivity index (χ0n) is 13.8. The summed E-state index contributed by atoms with van der Waals surface area (Å²) in [4.78, 5) is 27.5. The number of esters is 1. The first-order chi connectivity index (χ1) is 11.5. The lowest BCUT2D eigenvalue weighted by atomic mass is 10.2. The Kier molecular flexibility index (Phi) is 5.93. The molecule has 1 amide bonds. The van der Waals surface area contributed by atoms with Crippen LogP contribution in [0.4, 0.5) is 5.69 Å². The van der Waals surface area contributed by atoms with Crippen LogP contribution in [0.2, 0.25) is 0 Å². The number of anilines is 1. The number of hydrogen-bond acceptors (Lipinski definition) is 6. The van der Waals surface area contributed by atoms with Gasteiger partial charge in [-0.2, -0.15) is 5.26 Å². The van der Waals surface area contributed by atoms with Crippen molar-refractivity contribution in [3.05, 3.63) is 41.6 Å². The minimum absolute atomic E-state index is 0.0524. The quantitative estimate of drug-likeness (QED) is 0.505. The van der Waals surface area contributed by atoms with Crippen LogP contribution in [0.15, 0.2) is 36.0 Å². The van der Waals surface area contributed by atoms with Crippen LogP contribution in [0.25, 0.3) is 0 Å². The molecule has 7 heteroatoms. The van der Waals surface area contributed by atoms with Crippen molar-refractivity contribution in [2.75, 3.05) is 45.7 Å². The van der Waals surface area contributed by atoms with Crippen LogP contribution in [-0.2, 0) is 9.53 Å². The van der Waals surface area contributed by atoms with Crippen LogP contribution in [-0.4, -0.2) is 62.0 Å². The summed E-state index contributed by atoms with van der Waals surface area (Å²) in [5.74, 6) is -0.690. The van der Waals surface area contributed by atoms with E-state index in [0.717, 1.165) is 13.1 Å². The van der Waals surface area contributed by atoms with Crippen molar-refractivity contribution < 1.29 is 14.3 Å². The molecule has 0 unspecified atom stereocenters. The van der Waals surface area contributed by atoms with E-state index in [1.165, 1.54) is 13.3 Å². The number of carbonyl (C=O) groups excluding carboxylic acids is 2. The highest BCUT2D eigenvalue weighted by atomic mass is 16.5. The Morgan fingerprint density at radius 2 is 1.83 bits per heavy atom. The van der Waals surface area contributed by atoms with Gasteiger partial charge >= 0.3 is 5.97 Å². The van der Waals surface area contributed by atoms with E-state index in [1.54, 1.807) is 29.2 Å². The fourth-order valence-corrected chi connectivity index (χ4v) is 2.30. The molecule has 0 atom stereocenters. The van der Waals surface area contributed by atoms with Gasteiger partial charge in [0, 0.05) is 38.1 Å². The number of ether oxygens (including phenoxy) is 1. The summed E-state index contributed by atoms with van der Waals surface area (Å²) in [5, 5.41) is 12.1.